The minimum Gasteiger partial charge on any atom is -0.271 e. The van der Waals surface area contributed by atoms with Crippen molar-refractivity contribution in [1.82, 2.24) is 6.23 Å². The van der Waals surface area contributed by atoms with Crippen LogP contribution < -0.4 is 0 Å². The average Bonchev–Trinajstić information content (AvgIpc) is 2.70. The molecule has 0 unspecified atom stereocenters. The highest BCUT2D eigenvalue weighted by Gasteiger charge is 2.63. The van der Waals surface area contributed by atoms with Crippen molar-refractivity contribution >= 4 is 57.7 Å². The van der Waals surface area contributed by atoms with Crippen LogP contribution in [0.15, 0.2) is 0 Å². The zero-order chi connectivity index (χ0) is 17.9. The Morgan fingerprint density at radius 2 is 1.04 bits per heavy atom. The van der Waals surface area contributed by atoms with Gasteiger partial charge in [-0.05, 0) is 37.5 Å². The number of amides is 3. The fourth-order valence-corrected chi connectivity index (χ4v) is 7.58. The Kier molecular flexibility index (Phi) is 7.30. The van der Waals surface area contributed by atoms with Gasteiger partial charge in [0.1, 0.15) is 5.54 Å². The van der Waals surface area contributed by atoms with Crippen molar-refractivity contribution in [1.29, 1.82) is 0 Å². The van der Waals surface area contributed by atoms with E-state index in [1.54, 1.807) is 0 Å². The Morgan fingerprint density at radius 3 is 1.36 bits per heavy atom. The first-order valence-corrected chi connectivity index (χ1v) is 12.0. The number of urea groups is 1. The van der Waals surface area contributed by atoms with Gasteiger partial charge in [-0.25, -0.2) is 7.91 Å². The first-order valence-electron chi connectivity index (χ1n) is 10.1. The van der Waals surface area contributed by atoms with Gasteiger partial charge in [-0.15, -0.1) is 0 Å². The number of carbonyl (C=O) groups excluding carboxylic acids is 2. The fourth-order valence-electron chi connectivity index (χ4n) is 5.36. The summed E-state index contributed by atoms with van der Waals surface area (Å²) in [5.41, 5.74) is -0.590. The van der Waals surface area contributed by atoms with Crippen LogP contribution >= 0.6 is 45.7 Å². The number of hydrogen-bond donors (Lipinski definition) is 0. The van der Waals surface area contributed by atoms with E-state index >= 15 is 0 Å². The Hall–Kier alpha value is 0.400. The lowest BCUT2D eigenvalue weighted by molar-refractivity contribution is -0.134. The van der Waals surface area contributed by atoms with Crippen LogP contribution in [0, 0.1) is 11.8 Å². The van der Waals surface area contributed by atoms with Crippen molar-refractivity contribution in [2.24, 2.45) is 11.8 Å². The van der Waals surface area contributed by atoms with Crippen molar-refractivity contribution in [3.63, 3.8) is 0 Å². The molecule has 0 aromatic carbocycles. The molecule has 6 heteroatoms. The van der Waals surface area contributed by atoms with Crippen LogP contribution in [0.1, 0.15) is 89.9 Å². The van der Waals surface area contributed by atoms with E-state index in [-0.39, 0.29) is 11.9 Å². The van der Waals surface area contributed by atoms with E-state index in [1.807, 2.05) is 26.0 Å². The lowest BCUT2D eigenvalue weighted by Gasteiger charge is -2.45. The van der Waals surface area contributed by atoms with E-state index in [1.165, 1.54) is 67.3 Å². The molecule has 0 spiro atoms. The number of nitrogens with zero attached hydrogens (tertiary/aromatic N) is 2. The van der Waals surface area contributed by atoms with Crippen LogP contribution in [0.25, 0.3) is 0 Å². The Labute approximate surface area is 179 Å². The monoisotopic (exact) mass is 572 g/mol. The predicted octanol–water partition coefficient (Wildman–Crippen LogP) is 6.41. The molecule has 1 saturated heterocycles. The van der Waals surface area contributed by atoms with Gasteiger partial charge in [0.05, 0.1) is 45.7 Å². The van der Waals surface area contributed by atoms with E-state index in [2.05, 4.69) is 22.9 Å². The fraction of sp³-hybridized carbons (Fsp3) is 0.895. The third-order valence-electron chi connectivity index (χ3n) is 6.64. The van der Waals surface area contributed by atoms with Crippen molar-refractivity contribution < 1.29 is 9.59 Å². The molecular formula is C19H30I2N2O2. The maximum atomic E-state index is 13.5. The first kappa shape index (κ1) is 20.1. The van der Waals surface area contributed by atoms with E-state index in [9.17, 15) is 9.59 Å². The van der Waals surface area contributed by atoms with Gasteiger partial charge in [-0.2, -0.15) is 3.11 Å². The summed E-state index contributed by atoms with van der Waals surface area (Å²) in [5.74, 6) is 0.722. The molecule has 142 valence electrons. The molecule has 3 amide bonds. The van der Waals surface area contributed by atoms with Gasteiger partial charge in [0.15, 0.2) is 0 Å². The largest absolute Gasteiger partial charge is 0.345 e. The SMILES string of the molecule is O=C1N(I)C(=O)C(C2CCCCCCC2)(C2CCCCCCC2)N1I. The lowest BCUT2D eigenvalue weighted by Crippen LogP contribution is -2.57. The van der Waals surface area contributed by atoms with Crippen molar-refractivity contribution in [3.8, 4) is 0 Å². The summed E-state index contributed by atoms with van der Waals surface area (Å²) < 4.78 is 3.21. The highest BCUT2D eigenvalue weighted by molar-refractivity contribution is 14.1. The van der Waals surface area contributed by atoms with Gasteiger partial charge in [-0.3, -0.25) is 4.79 Å². The number of halogens is 2. The summed E-state index contributed by atoms with van der Waals surface area (Å²) in [6.45, 7) is 0. The maximum absolute atomic E-state index is 13.5. The molecule has 1 aliphatic heterocycles. The van der Waals surface area contributed by atoms with E-state index in [0.717, 1.165) is 25.7 Å². The molecule has 2 aliphatic carbocycles. The van der Waals surface area contributed by atoms with Gasteiger partial charge in [0, 0.05) is 0 Å². The maximum Gasteiger partial charge on any atom is 0.345 e. The smallest absolute Gasteiger partial charge is 0.271 e. The second-order valence-electron chi connectivity index (χ2n) is 8.06. The van der Waals surface area contributed by atoms with Crippen molar-refractivity contribution in [2.45, 2.75) is 95.4 Å². The number of carbonyl (C=O) groups is 2. The molecule has 0 aromatic rings. The van der Waals surface area contributed by atoms with Crippen LogP contribution in [0.4, 0.5) is 4.79 Å². The second kappa shape index (κ2) is 9.06. The van der Waals surface area contributed by atoms with Gasteiger partial charge < -0.3 is 0 Å². The van der Waals surface area contributed by atoms with Crippen LogP contribution in [-0.4, -0.2) is 23.7 Å². The van der Waals surface area contributed by atoms with Crippen molar-refractivity contribution in [2.75, 3.05) is 0 Å². The summed E-state index contributed by atoms with van der Waals surface area (Å²) in [5, 5.41) is 0. The highest BCUT2D eigenvalue weighted by atomic mass is 127. The third-order valence-corrected chi connectivity index (χ3v) is 8.70. The molecule has 4 nitrogen and oxygen atoms in total. The normalized spacial score (nSPS) is 27.8. The molecule has 0 radical (unpaired) electrons. The molecule has 0 bridgehead atoms. The molecule has 0 aromatic heterocycles. The molecule has 3 fully saturated rings. The van der Waals surface area contributed by atoms with E-state index in [0.29, 0.717) is 11.8 Å². The van der Waals surface area contributed by atoms with Gasteiger partial charge >= 0.3 is 6.03 Å². The standard InChI is InChI=1S/C19H30I2N2O2/c20-22-17(24)19(23(21)18(22)25,15-11-7-3-1-4-8-12-15)16-13-9-5-2-6-10-14-16/h15-16H,1-14H2. The van der Waals surface area contributed by atoms with Crippen LogP contribution in [-0.2, 0) is 4.79 Å². The lowest BCUT2D eigenvalue weighted by atomic mass is 9.65. The molecule has 0 N–H and O–H groups in total. The summed E-state index contributed by atoms with van der Waals surface area (Å²) >= 11 is 4.11. The third kappa shape index (κ3) is 3.85. The Balaban J connectivity index is 1.97. The molecule has 25 heavy (non-hydrogen) atoms. The Bertz CT molecular complexity index is 462. The zero-order valence-electron chi connectivity index (χ0n) is 15.0. The van der Waals surface area contributed by atoms with Crippen LogP contribution in [0.5, 0.6) is 0 Å². The minimum atomic E-state index is -0.590. The topological polar surface area (TPSA) is 40.6 Å². The Morgan fingerprint density at radius 1 is 0.680 bits per heavy atom. The minimum absolute atomic E-state index is 0.0728. The second-order valence-corrected chi connectivity index (χ2v) is 9.99. The van der Waals surface area contributed by atoms with Gasteiger partial charge in [0.25, 0.3) is 5.91 Å². The molecule has 1 heterocycles. The van der Waals surface area contributed by atoms with Crippen molar-refractivity contribution in [3.05, 3.63) is 0 Å². The number of hydrogen-bond acceptors (Lipinski definition) is 2. The average molecular weight is 572 g/mol. The molecule has 2 saturated carbocycles. The van der Waals surface area contributed by atoms with E-state index in [4.69, 9.17) is 0 Å². The zero-order valence-corrected chi connectivity index (χ0v) is 19.3. The van der Waals surface area contributed by atoms with E-state index < -0.39 is 5.54 Å². The first-order chi connectivity index (χ1) is 12.1. The highest BCUT2D eigenvalue weighted by Crippen LogP contribution is 2.51. The number of rotatable bonds is 2. The van der Waals surface area contributed by atoms with Crippen LogP contribution in [0.2, 0.25) is 0 Å². The summed E-state index contributed by atoms with van der Waals surface area (Å²) in [7, 11) is 0. The molecule has 3 aliphatic rings. The number of imide groups is 1. The summed E-state index contributed by atoms with van der Waals surface area (Å²) in [6, 6.07) is -0.115. The molecule has 0 atom stereocenters. The quantitative estimate of drug-likeness (QED) is 0.218. The predicted molar refractivity (Wildman–Crippen MR) is 116 cm³/mol. The van der Waals surface area contributed by atoms with Gasteiger partial charge in [0.2, 0.25) is 0 Å². The molecular weight excluding hydrogens is 542 g/mol. The summed E-state index contributed by atoms with van der Waals surface area (Å²) in [6.07, 6.45) is 16.9. The summed E-state index contributed by atoms with van der Waals surface area (Å²) in [4.78, 5) is 26.2. The van der Waals surface area contributed by atoms with Crippen LogP contribution in [0.3, 0.4) is 0 Å². The molecule has 3 rings (SSSR count). The van der Waals surface area contributed by atoms with Gasteiger partial charge in [-0.1, -0.05) is 64.2 Å².